The van der Waals surface area contributed by atoms with Crippen molar-refractivity contribution in [3.05, 3.63) is 23.8 Å². The van der Waals surface area contributed by atoms with Crippen LogP contribution in [-0.2, 0) is 4.74 Å². The van der Waals surface area contributed by atoms with E-state index in [0.717, 1.165) is 0 Å². The molecule has 7 heteroatoms. The summed E-state index contributed by atoms with van der Waals surface area (Å²) in [6.07, 6.45) is 0.197. The summed E-state index contributed by atoms with van der Waals surface area (Å²) in [7, 11) is 1.52. The predicted molar refractivity (Wildman–Crippen MR) is 87.3 cm³/mol. The van der Waals surface area contributed by atoms with E-state index in [9.17, 15) is 9.59 Å². The average molecular weight is 324 g/mol. The van der Waals surface area contributed by atoms with Crippen molar-refractivity contribution >= 4 is 17.7 Å². The molecule has 1 rings (SSSR count). The smallest absolute Gasteiger partial charge is 0.407 e. The van der Waals surface area contributed by atoms with Crippen LogP contribution in [0.1, 0.15) is 37.6 Å². The Kier molecular flexibility index (Phi) is 6.68. The van der Waals surface area contributed by atoms with Gasteiger partial charge in [0, 0.05) is 13.1 Å². The first-order chi connectivity index (χ1) is 10.7. The topological polar surface area (TPSA) is 96.9 Å². The molecule has 0 fully saturated rings. The standard InChI is InChI=1S/C16H24N2O5/c1-16(2,3)23-15(21)18-9-5-8-17-12-10-11(14(19)20)6-7-13(12)22-4/h6-7,10,17H,5,8-9H2,1-4H3,(H,18,21)(H,19,20). The van der Waals surface area contributed by atoms with Crippen LogP contribution in [0.4, 0.5) is 10.5 Å². The number of anilines is 1. The molecule has 1 amide bonds. The summed E-state index contributed by atoms with van der Waals surface area (Å²) in [4.78, 5) is 22.5. The number of benzene rings is 1. The van der Waals surface area contributed by atoms with Gasteiger partial charge in [0.25, 0.3) is 0 Å². The van der Waals surface area contributed by atoms with Crippen molar-refractivity contribution in [3.63, 3.8) is 0 Å². The Hall–Kier alpha value is -2.44. The second kappa shape index (κ2) is 8.26. The van der Waals surface area contributed by atoms with Crippen LogP contribution in [0.15, 0.2) is 18.2 Å². The van der Waals surface area contributed by atoms with Gasteiger partial charge in [-0.05, 0) is 45.4 Å². The van der Waals surface area contributed by atoms with Gasteiger partial charge in [-0.2, -0.15) is 0 Å². The zero-order valence-electron chi connectivity index (χ0n) is 13.9. The van der Waals surface area contributed by atoms with Crippen LogP contribution >= 0.6 is 0 Å². The van der Waals surface area contributed by atoms with Crippen molar-refractivity contribution < 1.29 is 24.2 Å². The summed E-state index contributed by atoms with van der Waals surface area (Å²) in [6.45, 7) is 6.40. The maximum Gasteiger partial charge on any atom is 0.407 e. The molecule has 1 aromatic carbocycles. The molecule has 0 atom stereocenters. The van der Waals surface area contributed by atoms with Gasteiger partial charge >= 0.3 is 12.1 Å². The lowest BCUT2D eigenvalue weighted by Gasteiger charge is -2.19. The van der Waals surface area contributed by atoms with Gasteiger partial charge in [-0.3, -0.25) is 0 Å². The molecule has 7 nitrogen and oxygen atoms in total. The molecule has 0 unspecified atom stereocenters. The number of hydrogen-bond donors (Lipinski definition) is 3. The predicted octanol–water partition coefficient (Wildman–Crippen LogP) is 2.72. The van der Waals surface area contributed by atoms with Gasteiger partial charge in [0.2, 0.25) is 0 Å². The van der Waals surface area contributed by atoms with Gasteiger partial charge in [0.05, 0.1) is 18.4 Å². The van der Waals surface area contributed by atoms with Crippen LogP contribution in [0.5, 0.6) is 5.75 Å². The molecule has 0 spiro atoms. The number of carbonyl (C=O) groups is 2. The largest absolute Gasteiger partial charge is 0.495 e. The maximum absolute atomic E-state index is 11.5. The SMILES string of the molecule is COc1ccc(C(=O)O)cc1NCCCNC(=O)OC(C)(C)C. The number of nitrogens with one attached hydrogen (secondary N) is 2. The highest BCUT2D eigenvalue weighted by Gasteiger charge is 2.15. The normalized spacial score (nSPS) is 10.8. The number of ether oxygens (including phenoxy) is 2. The van der Waals surface area contributed by atoms with E-state index in [1.54, 1.807) is 26.8 Å². The van der Waals surface area contributed by atoms with E-state index < -0.39 is 17.7 Å². The summed E-state index contributed by atoms with van der Waals surface area (Å²) in [5.74, 6) is -0.433. The van der Waals surface area contributed by atoms with Gasteiger partial charge in [0.15, 0.2) is 0 Å². The van der Waals surface area contributed by atoms with E-state index in [0.29, 0.717) is 30.9 Å². The van der Waals surface area contributed by atoms with Gasteiger partial charge < -0.3 is 25.2 Å². The third kappa shape index (κ3) is 6.90. The van der Waals surface area contributed by atoms with Crippen molar-refractivity contribution in [3.8, 4) is 5.75 Å². The molecule has 0 aliphatic carbocycles. The molecule has 0 heterocycles. The first-order valence-electron chi connectivity index (χ1n) is 7.35. The lowest BCUT2D eigenvalue weighted by atomic mass is 10.2. The molecule has 0 radical (unpaired) electrons. The molecular weight excluding hydrogens is 300 g/mol. The van der Waals surface area contributed by atoms with E-state index >= 15 is 0 Å². The monoisotopic (exact) mass is 324 g/mol. The zero-order chi connectivity index (χ0) is 17.5. The Bertz CT molecular complexity index is 552. The summed E-state index contributed by atoms with van der Waals surface area (Å²) < 4.78 is 10.3. The molecule has 0 saturated heterocycles. The van der Waals surface area contributed by atoms with Crippen LogP contribution in [0.3, 0.4) is 0 Å². The van der Waals surface area contributed by atoms with Crippen molar-refractivity contribution in [2.45, 2.75) is 32.8 Å². The fourth-order valence-electron chi connectivity index (χ4n) is 1.80. The molecule has 0 saturated carbocycles. The number of rotatable bonds is 7. The molecule has 0 aliphatic heterocycles. The lowest BCUT2D eigenvalue weighted by molar-refractivity contribution is 0.0527. The first kappa shape index (κ1) is 18.6. The van der Waals surface area contributed by atoms with Crippen molar-refractivity contribution in [2.75, 3.05) is 25.5 Å². The van der Waals surface area contributed by atoms with E-state index in [-0.39, 0.29) is 5.56 Å². The quantitative estimate of drug-likeness (QED) is 0.667. The fraction of sp³-hybridized carbons (Fsp3) is 0.500. The minimum Gasteiger partial charge on any atom is -0.495 e. The van der Waals surface area contributed by atoms with E-state index in [1.807, 2.05) is 0 Å². The highest BCUT2D eigenvalue weighted by Crippen LogP contribution is 2.25. The van der Waals surface area contributed by atoms with E-state index in [2.05, 4.69) is 10.6 Å². The first-order valence-corrected chi connectivity index (χ1v) is 7.35. The van der Waals surface area contributed by atoms with Gasteiger partial charge in [-0.1, -0.05) is 0 Å². The van der Waals surface area contributed by atoms with Crippen LogP contribution < -0.4 is 15.4 Å². The molecule has 0 aromatic heterocycles. The van der Waals surface area contributed by atoms with Crippen molar-refractivity contribution in [2.24, 2.45) is 0 Å². The summed E-state index contributed by atoms with van der Waals surface area (Å²) in [6, 6.07) is 4.60. The molecule has 0 aliphatic rings. The minimum absolute atomic E-state index is 0.181. The fourth-order valence-corrected chi connectivity index (χ4v) is 1.80. The van der Waals surface area contributed by atoms with Crippen LogP contribution in [0.2, 0.25) is 0 Å². The molecule has 0 bridgehead atoms. The molecule has 128 valence electrons. The Balaban J connectivity index is 2.42. The molecular formula is C16H24N2O5. The third-order valence-corrected chi connectivity index (χ3v) is 2.78. The molecule has 23 heavy (non-hydrogen) atoms. The maximum atomic E-state index is 11.5. The number of carboxylic acid groups (broad SMARTS) is 1. The Morgan fingerprint density at radius 1 is 1.22 bits per heavy atom. The zero-order valence-corrected chi connectivity index (χ0v) is 13.9. The van der Waals surface area contributed by atoms with Gasteiger partial charge in [-0.15, -0.1) is 0 Å². The highest BCUT2D eigenvalue weighted by atomic mass is 16.6. The number of amides is 1. The number of carbonyl (C=O) groups excluding carboxylic acids is 1. The van der Waals surface area contributed by atoms with Gasteiger partial charge in [-0.25, -0.2) is 9.59 Å². The number of alkyl carbamates (subject to hydrolysis) is 1. The van der Waals surface area contributed by atoms with E-state index in [1.165, 1.54) is 19.2 Å². The van der Waals surface area contributed by atoms with E-state index in [4.69, 9.17) is 14.6 Å². The number of aromatic carboxylic acids is 1. The number of carboxylic acids is 1. The average Bonchev–Trinajstić information content (AvgIpc) is 2.44. The third-order valence-electron chi connectivity index (χ3n) is 2.78. The van der Waals surface area contributed by atoms with Gasteiger partial charge in [0.1, 0.15) is 11.4 Å². The van der Waals surface area contributed by atoms with Crippen molar-refractivity contribution in [1.29, 1.82) is 0 Å². The minimum atomic E-state index is -0.998. The Morgan fingerprint density at radius 3 is 2.48 bits per heavy atom. The lowest BCUT2D eigenvalue weighted by Crippen LogP contribution is -2.33. The summed E-state index contributed by atoms with van der Waals surface area (Å²) in [5.41, 5.74) is 0.261. The highest BCUT2D eigenvalue weighted by molar-refractivity contribution is 5.89. The van der Waals surface area contributed by atoms with Crippen molar-refractivity contribution in [1.82, 2.24) is 5.32 Å². The number of methoxy groups -OCH3 is 1. The Morgan fingerprint density at radius 2 is 1.91 bits per heavy atom. The Labute approximate surface area is 136 Å². The molecule has 3 N–H and O–H groups in total. The molecule has 1 aromatic rings. The number of hydrogen-bond acceptors (Lipinski definition) is 5. The van der Waals surface area contributed by atoms with Crippen LogP contribution in [0.25, 0.3) is 0 Å². The summed E-state index contributed by atoms with van der Waals surface area (Å²) >= 11 is 0. The second-order valence-corrected chi connectivity index (χ2v) is 5.93. The summed E-state index contributed by atoms with van der Waals surface area (Å²) in [5, 5.41) is 14.8. The van der Waals surface area contributed by atoms with Crippen LogP contribution in [0, 0.1) is 0 Å². The van der Waals surface area contributed by atoms with Crippen LogP contribution in [-0.4, -0.2) is 43.0 Å². The second-order valence-electron chi connectivity index (χ2n) is 5.93.